The number of hydrogen-bond acceptors (Lipinski definition) is 3. The van der Waals surface area contributed by atoms with E-state index in [0.29, 0.717) is 21.8 Å². The Kier molecular flexibility index (Phi) is 5.36. The van der Waals surface area contributed by atoms with E-state index in [1.54, 1.807) is 36.4 Å². The number of benzene rings is 3. The largest absolute Gasteiger partial charge is 0.375 e. The van der Waals surface area contributed by atoms with Crippen LogP contribution in [0, 0.1) is 0 Å². The van der Waals surface area contributed by atoms with E-state index >= 15 is 0 Å². The molecule has 6 heteroatoms. The van der Waals surface area contributed by atoms with Crippen molar-refractivity contribution < 1.29 is 14.7 Å². The highest BCUT2D eigenvalue weighted by atomic mass is 35.5. The molecule has 0 radical (unpaired) electrons. The van der Waals surface area contributed by atoms with Crippen LogP contribution in [0.5, 0.6) is 0 Å². The monoisotopic (exact) mass is 456 g/mol. The second-order valence-corrected chi connectivity index (χ2v) is 8.58. The van der Waals surface area contributed by atoms with Crippen LogP contribution in [0.3, 0.4) is 0 Å². The average molecular weight is 457 g/mol. The second kappa shape index (κ2) is 8.35. The first-order valence-electron chi connectivity index (χ1n) is 10.6. The van der Waals surface area contributed by atoms with Gasteiger partial charge in [-0.05, 0) is 48.0 Å². The lowest BCUT2D eigenvalue weighted by atomic mass is 9.88. The fourth-order valence-electron chi connectivity index (χ4n) is 4.30. The van der Waals surface area contributed by atoms with Gasteiger partial charge in [0, 0.05) is 34.2 Å². The number of carbonyl (C=O) groups is 2. The van der Waals surface area contributed by atoms with E-state index in [0.717, 1.165) is 11.3 Å². The van der Waals surface area contributed by atoms with E-state index in [1.165, 1.54) is 4.90 Å². The third kappa shape index (κ3) is 3.86. The minimum atomic E-state index is -1.99. The lowest BCUT2D eigenvalue weighted by Crippen LogP contribution is -2.41. The van der Waals surface area contributed by atoms with Crippen LogP contribution in [-0.4, -0.2) is 21.4 Å². The van der Waals surface area contributed by atoms with Crippen LogP contribution in [0.2, 0.25) is 5.02 Å². The van der Waals surface area contributed by atoms with Gasteiger partial charge in [0.25, 0.3) is 5.91 Å². The molecule has 1 aliphatic heterocycles. The summed E-state index contributed by atoms with van der Waals surface area (Å²) in [4.78, 5) is 28.3. The zero-order valence-corrected chi connectivity index (χ0v) is 18.4. The van der Waals surface area contributed by atoms with Crippen molar-refractivity contribution in [2.75, 3.05) is 4.90 Å². The van der Waals surface area contributed by atoms with E-state index < -0.39 is 11.5 Å². The molecular formula is C27H21ClN2O3. The van der Waals surface area contributed by atoms with Gasteiger partial charge in [-0.2, -0.15) is 0 Å². The summed E-state index contributed by atoms with van der Waals surface area (Å²) in [7, 11) is 0. The molecule has 1 N–H and O–H groups in total. The molecule has 0 aliphatic carbocycles. The average Bonchev–Trinajstić information content (AvgIpc) is 3.43. The Hall–Kier alpha value is -3.67. The number of Topliss-reactive ketones (excluding diaryl/α,β-unsaturated/α-hetero) is 1. The molecule has 5 nitrogen and oxygen atoms in total. The highest BCUT2D eigenvalue weighted by Gasteiger charge is 2.51. The van der Waals surface area contributed by atoms with Crippen LogP contribution in [0.1, 0.15) is 27.9 Å². The topological polar surface area (TPSA) is 62.5 Å². The molecule has 164 valence electrons. The van der Waals surface area contributed by atoms with E-state index in [2.05, 4.69) is 0 Å². The number of halogens is 1. The van der Waals surface area contributed by atoms with Crippen LogP contribution >= 0.6 is 11.6 Å². The number of carbonyl (C=O) groups excluding carboxylic acids is 2. The number of amides is 1. The molecule has 2 heterocycles. The van der Waals surface area contributed by atoms with E-state index in [1.807, 2.05) is 65.5 Å². The van der Waals surface area contributed by atoms with Crippen LogP contribution in [0.25, 0.3) is 5.69 Å². The molecule has 1 unspecified atom stereocenters. The summed E-state index contributed by atoms with van der Waals surface area (Å²) in [6.07, 6.45) is 3.40. The number of fused-ring (bicyclic) bond motifs is 1. The zero-order valence-electron chi connectivity index (χ0n) is 17.7. The number of rotatable bonds is 6. The van der Waals surface area contributed by atoms with Crippen LogP contribution in [-0.2, 0) is 16.9 Å². The number of aromatic nitrogens is 1. The lowest BCUT2D eigenvalue weighted by molar-refractivity contribution is -0.136. The van der Waals surface area contributed by atoms with Gasteiger partial charge in [0.15, 0.2) is 11.4 Å². The lowest BCUT2D eigenvalue weighted by Gasteiger charge is -2.23. The fourth-order valence-corrected chi connectivity index (χ4v) is 4.47. The minimum Gasteiger partial charge on any atom is -0.375 e. The van der Waals surface area contributed by atoms with Gasteiger partial charge in [0.2, 0.25) is 0 Å². The Labute approximate surface area is 196 Å². The molecule has 1 atom stereocenters. The summed E-state index contributed by atoms with van der Waals surface area (Å²) in [6, 6.07) is 25.4. The number of nitrogens with zero attached hydrogens (tertiary/aromatic N) is 2. The van der Waals surface area contributed by atoms with Crippen LogP contribution in [0.15, 0.2) is 97.3 Å². The van der Waals surface area contributed by atoms with Crippen LogP contribution < -0.4 is 4.90 Å². The summed E-state index contributed by atoms with van der Waals surface area (Å²) in [5.74, 6) is -0.856. The second-order valence-electron chi connectivity index (χ2n) is 8.14. The first-order valence-corrected chi connectivity index (χ1v) is 11.0. The molecule has 0 saturated carbocycles. The molecule has 33 heavy (non-hydrogen) atoms. The maximum atomic E-state index is 13.5. The van der Waals surface area contributed by atoms with Gasteiger partial charge in [0.05, 0.1) is 18.7 Å². The molecule has 0 spiro atoms. The Balaban J connectivity index is 1.48. The van der Waals surface area contributed by atoms with Gasteiger partial charge in [-0.3, -0.25) is 9.59 Å². The molecular weight excluding hydrogens is 436 g/mol. The van der Waals surface area contributed by atoms with Gasteiger partial charge in [-0.15, -0.1) is 0 Å². The smallest absolute Gasteiger partial charge is 0.264 e. The predicted molar refractivity (Wildman–Crippen MR) is 128 cm³/mol. The van der Waals surface area contributed by atoms with Crippen molar-refractivity contribution >= 4 is 29.0 Å². The molecule has 4 aromatic rings. The maximum Gasteiger partial charge on any atom is 0.264 e. The number of anilines is 1. The number of aliphatic hydroxyl groups is 1. The summed E-state index contributed by atoms with van der Waals surface area (Å²) in [5.41, 5.74) is 1.09. The summed E-state index contributed by atoms with van der Waals surface area (Å²) in [6.45, 7) is 0.286. The van der Waals surface area contributed by atoms with Gasteiger partial charge >= 0.3 is 0 Å². The molecule has 1 aliphatic rings. The SMILES string of the molecule is O=C(CC1(O)C(=O)N(Cc2ccccc2)c2ccc(Cl)cc21)c1cccc(-n2cccc2)c1. The van der Waals surface area contributed by atoms with Gasteiger partial charge in [-0.1, -0.05) is 54.1 Å². The van der Waals surface area contributed by atoms with Crippen LogP contribution in [0.4, 0.5) is 5.69 Å². The highest BCUT2D eigenvalue weighted by molar-refractivity contribution is 6.31. The van der Waals surface area contributed by atoms with Gasteiger partial charge < -0.3 is 14.6 Å². The van der Waals surface area contributed by atoms with Crippen molar-refractivity contribution in [2.45, 2.75) is 18.6 Å². The van der Waals surface area contributed by atoms with Crippen molar-refractivity contribution in [2.24, 2.45) is 0 Å². The molecule has 3 aromatic carbocycles. The first kappa shape index (κ1) is 21.2. The molecule has 0 saturated heterocycles. The maximum absolute atomic E-state index is 13.5. The van der Waals surface area contributed by atoms with Crippen molar-refractivity contribution in [3.8, 4) is 5.69 Å². The summed E-state index contributed by atoms with van der Waals surface area (Å²) < 4.78 is 1.89. The third-order valence-electron chi connectivity index (χ3n) is 5.96. The summed E-state index contributed by atoms with van der Waals surface area (Å²) in [5, 5.41) is 12.0. The van der Waals surface area contributed by atoms with E-state index in [4.69, 9.17) is 11.6 Å². The van der Waals surface area contributed by atoms with E-state index in [9.17, 15) is 14.7 Å². The Morgan fingerprint density at radius 3 is 2.42 bits per heavy atom. The van der Waals surface area contributed by atoms with Crippen molar-refractivity contribution in [3.05, 3.63) is 119 Å². The first-order chi connectivity index (χ1) is 16.0. The number of ketones is 1. The normalized spacial score (nSPS) is 17.3. The Bertz CT molecular complexity index is 1330. The third-order valence-corrected chi connectivity index (χ3v) is 6.20. The molecule has 1 amide bonds. The predicted octanol–water partition coefficient (Wildman–Crippen LogP) is 5.14. The van der Waals surface area contributed by atoms with Gasteiger partial charge in [0.1, 0.15) is 0 Å². The molecule has 0 fully saturated rings. The fraction of sp³-hybridized carbons (Fsp3) is 0.111. The van der Waals surface area contributed by atoms with Gasteiger partial charge in [-0.25, -0.2) is 0 Å². The zero-order chi connectivity index (χ0) is 23.0. The standard InChI is InChI=1S/C27H21ClN2O3/c28-21-11-12-24-23(16-21)27(33,26(32)30(24)18-19-7-2-1-3-8-19)17-25(31)20-9-6-10-22(15-20)29-13-4-5-14-29/h1-16,33H,17-18H2. The van der Waals surface area contributed by atoms with Crippen molar-refractivity contribution in [1.29, 1.82) is 0 Å². The quantitative estimate of drug-likeness (QED) is 0.409. The van der Waals surface area contributed by atoms with E-state index in [-0.39, 0.29) is 18.7 Å². The van der Waals surface area contributed by atoms with Crippen molar-refractivity contribution in [1.82, 2.24) is 4.57 Å². The molecule has 0 bridgehead atoms. The van der Waals surface area contributed by atoms with Crippen molar-refractivity contribution in [3.63, 3.8) is 0 Å². The minimum absolute atomic E-state index is 0.286. The molecule has 1 aromatic heterocycles. The Morgan fingerprint density at radius 2 is 1.67 bits per heavy atom. The highest BCUT2D eigenvalue weighted by Crippen LogP contribution is 2.44. The Morgan fingerprint density at radius 1 is 0.909 bits per heavy atom. The number of hydrogen-bond donors (Lipinski definition) is 1. The molecule has 5 rings (SSSR count). The summed E-state index contributed by atoms with van der Waals surface area (Å²) >= 11 is 6.21.